The molecule has 1 heterocycles. The highest BCUT2D eigenvalue weighted by Gasteiger charge is 2.03. The average molecular weight is 342 g/mol. The molecule has 2 aromatic carbocycles. The SMILES string of the molecule is O=C(C=c1[nH]c(=O)c(=Cc2ccccc2)s1)c1cccc(Cl)c1. The van der Waals surface area contributed by atoms with Crippen LogP contribution in [-0.2, 0) is 0 Å². The minimum absolute atomic E-state index is 0.198. The Morgan fingerprint density at radius 1 is 1.09 bits per heavy atom. The standard InChI is InChI=1S/C18H12ClNO2S/c19-14-8-4-7-13(10-14)15(21)11-17-20-18(22)16(23-17)9-12-5-2-1-3-6-12/h1-11H,(H,20,22). The van der Waals surface area contributed by atoms with Gasteiger partial charge in [0.1, 0.15) is 0 Å². The summed E-state index contributed by atoms with van der Waals surface area (Å²) in [7, 11) is 0. The van der Waals surface area contributed by atoms with Crippen LogP contribution in [-0.4, -0.2) is 10.8 Å². The topological polar surface area (TPSA) is 49.9 Å². The van der Waals surface area contributed by atoms with E-state index in [1.54, 1.807) is 30.3 Å². The number of aromatic nitrogens is 1. The molecule has 0 saturated heterocycles. The van der Waals surface area contributed by atoms with Crippen molar-refractivity contribution in [2.75, 3.05) is 0 Å². The maximum Gasteiger partial charge on any atom is 0.266 e. The van der Waals surface area contributed by atoms with Crippen LogP contribution in [0.2, 0.25) is 5.02 Å². The normalized spacial score (nSPS) is 12.6. The first-order valence-electron chi connectivity index (χ1n) is 6.89. The van der Waals surface area contributed by atoms with Crippen molar-refractivity contribution in [2.45, 2.75) is 0 Å². The lowest BCUT2D eigenvalue weighted by Gasteiger charge is -1.95. The first-order chi connectivity index (χ1) is 11.1. The van der Waals surface area contributed by atoms with Crippen molar-refractivity contribution in [3.05, 3.63) is 90.3 Å². The zero-order valence-corrected chi connectivity index (χ0v) is 13.5. The van der Waals surface area contributed by atoms with Crippen LogP contribution in [0.4, 0.5) is 0 Å². The summed E-state index contributed by atoms with van der Waals surface area (Å²) in [5.41, 5.74) is 1.22. The van der Waals surface area contributed by atoms with Gasteiger partial charge in [-0.25, -0.2) is 0 Å². The zero-order chi connectivity index (χ0) is 16.2. The van der Waals surface area contributed by atoms with Gasteiger partial charge >= 0.3 is 0 Å². The molecule has 1 aromatic heterocycles. The molecule has 0 unspecified atom stereocenters. The third-order valence-corrected chi connectivity index (χ3v) is 4.35. The molecule has 0 spiro atoms. The summed E-state index contributed by atoms with van der Waals surface area (Å²) in [4.78, 5) is 26.9. The number of carbonyl (C=O) groups excluding carboxylic acids is 1. The minimum atomic E-state index is -0.205. The van der Waals surface area contributed by atoms with Crippen molar-refractivity contribution in [3.8, 4) is 0 Å². The highest BCUT2D eigenvalue weighted by Crippen LogP contribution is 2.11. The number of thiazole rings is 1. The number of carbonyl (C=O) groups is 1. The molecule has 3 nitrogen and oxygen atoms in total. The second kappa shape index (κ2) is 6.77. The van der Waals surface area contributed by atoms with Gasteiger partial charge in [-0.3, -0.25) is 9.59 Å². The summed E-state index contributed by atoms with van der Waals surface area (Å²) in [5.74, 6) is -0.198. The van der Waals surface area contributed by atoms with E-state index in [4.69, 9.17) is 11.6 Å². The van der Waals surface area contributed by atoms with Crippen molar-refractivity contribution >= 4 is 40.9 Å². The first kappa shape index (κ1) is 15.5. The van der Waals surface area contributed by atoms with Gasteiger partial charge in [-0.15, -0.1) is 11.3 Å². The van der Waals surface area contributed by atoms with E-state index in [0.717, 1.165) is 5.56 Å². The van der Waals surface area contributed by atoms with Crippen molar-refractivity contribution in [3.63, 3.8) is 0 Å². The third kappa shape index (κ3) is 3.86. The number of H-pyrrole nitrogens is 1. The molecule has 5 heteroatoms. The fourth-order valence-corrected chi connectivity index (χ4v) is 3.14. The Hall–Kier alpha value is -2.43. The van der Waals surface area contributed by atoms with Crippen LogP contribution in [0.25, 0.3) is 12.2 Å². The van der Waals surface area contributed by atoms with Crippen LogP contribution >= 0.6 is 22.9 Å². The highest BCUT2D eigenvalue weighted by atomic mass is 35.5. The van der Waals surface area contributed by atoms with E-state index >= 15 is 0 Å². The largest absolute Gasteiger partial charge is 0.313 e. The van der Waals surface area contributed by atoms with Gasteiger partial charge in [0.2, 0.25) is 0 Å². The molecule has 0 atom stereocenters. The molecular formula is C18H12ClNO2S. The number of benzene rings is 2. The van der Waals surface area contributed by atoms with Gasteiger partial charge in [0, 0.05) is 16.7 Å². The Morgan fingerprint density at radius 2 is 1.87 bits per heavy atom. The maximum atomic E-state index is 12.2. The molecule has 3 aromatic rings. The molecule has 0 fully saturated rings. The summed E-state index contributed by atoms with van der Waals surface area (Å²) in [5, 5.41) is 0.502. The van der Waals surface area contributed by atoms with E-state index < -0.39 is 0 Å². The molecule has 0 aliphatic heterocycles. The second-order valence-corrected chi connectivity index (χ2v) is 6.38. The van der Waals surface area contributed by atoms with Crippen LogP contribution in [0, 0.1) is 0 Å². The lowest BCUT2D eigenvalue weighted by molar-refractivity contribution is 0.106. The fraction of sp³-hybridized carbons (Fsp3) is 0. The molecule has 0 bridgehead atoms. The van der Waals surface area contributed by atoms with Crippen LogP contribution in [0.5, 0.6) is 0 Å². The van der Waals surface area contributed by atoms with Gasteiger partial charge in [-0.05, 0) is 23.8 Å². The first-order valence-corrected chi connectivity index (χ1v) is 8.09. The van der Waals surface area contributed by atoms with Crippen molar-refractivity contribution in [2.24, 2.45) is 0 Å². The zero-order valence-electron chi connectivity index (χ0n) is 12.0. The number of ketones is 1. The molecule has 3 rings (SSSR count). The summed E-state index contributed by atoms with van der Waals surface area (Å²) in [6, 6.07) is 16.3. The number of nitrogens with one attached hydrogen (secondary N) is 1. The van der Waals surface area contributed by atoms with Gasteiger partial charge in [0.25, 0.3) is 5.56 Å². The Bertz CT molecular complexity index is 1020. The average Bonchev–Trinajstić information content (AvgIpc) is 2.88. The van der Waals surface area contributed by atoms with Gasteiger partial charge in [0.05, 0.1) is 9.20 Å². The summed E-state index contributed by atoms with van der Waals surface area (Å²) < 4.78 is 1.07. The van der Waals surface area contributed by atoms with Gasteiger partial charge < -0.3 is 4.98 Å². The Morgan fingerprint density at radius 3 is 2.61 bits per heavy atom. The fourth-order valence-electron chi connectivity index (χ4n) is 2.07. The monoisotopic (exact) mass is 341 g/mol. The lowest BCUT2D eigenvalue weighted by Crippen LogP contribution is -2.19. The predicted octanol–water partition coefficient (Wildman–Crippen LogP) is 2.58. The molecule has 0 aliphatic rings. The summed E-state index contributed by atoms with van der Waals surface area (Å²) in [6.45, 7) is 0. The second-order valence-electron chi connectivity index (χ2n) is 4.86. The Labute approximate surface area is 141 Å². The number of hydrogen-bond donors (Lipinski definition) is 1. The number of rotatable bonds is 3. The van der Waals surface area contributed by atoms with Gasteiger partial charge in [0.15, 0.2) is 5.78 Å². The number of halogens is 1. The molecule has 0 saturated carbocycles. The molecule has 0 aliphatic carbocycles. The number of hydrogen-bond acceptors (Lipinski definition) is 3. The minimum Gasteiger partial charge on any atom is -0.313 e. The molecule has 23 heavy (non-hydrogen) atoms. The molecular weight excluding hydrogens is 330 g/mol. The van der Waals surface area contributed by atoms with Crippen LogP contribution < -0.4 is 14.8 Å². The smallest absolute Gasteiger partial charge is 0.266 e. The van der Waals surface area contributed by atoms with Crippen molar-refractivity contribution in [1.29, 1.82) is 0 Å². The quantitative estimate of drug-likeness (QED) is 0.744. The van der Waals surface area contributed by atoms with Crippen LogP contribution in [0.15, 0.2) is 59.4 Å². The Balaban J connectivity index is 1.99. The van der Waals surface area contributed by atoms with Crippen molar-refractivity contribution in [1.82, 2.24) is 4.98 Å². The van der Waals surface area contributed by atoms with E-state index in [0.29, 0.717) is 19.8 Å². The van der Waals surface area contributed by atoms with Crippen molar-refractivity contribution < 1.29 is 4.79 Å². The van der Waals surface area contributed by atoms with E-state index in [1.807, 2.05) is 30.3 Å². The van der Waals surface area contributed by atoms with Gasteiger partial charge in [-0.1, -0.05) is 54.1 Å². The number of Topliss-reactive ketones (excluding diaryl/α,β-unsaturated/α-hetero) is 1. The third-order valence-electron chi connectivity index (χ3n) is 3.15. The molecule has 0 amide bonds. The van der Waals surface area contributed by atoms with Crippen LogP contribution in [0.1, 0.15) is 15.9 Å². The van der Waals surface area contributed by atoms with Crippen LogP contribution in [0.3, 0.4) is 0 Å². The highest BCUT2D eigenvalue weighted by molar-refractivity contribution is 7.07. The summed E-state index contributed by atoms with van der Waals surface area (Å²) >= 11 is 7.13. The van der Waals surface area contributed by atoms with E-state index in [2.05, 4.69) is 4.98 Å². The molecule has 0 radical (unpaired) electrons. The lowest BCUT2D eigenvalue weighted by atomic mass is 10.1. The van der Waals surface area contributed by atoms with E-state index in [9.17, 15) is 9.59 Å². The maximum absolute atomic E-state index is 12.2. The van der Waals surface area contributed by atoms with E-state index in [1.165, 1.54) is 17.4 Å². The number of aromatic amines is 1. The van der Waals surface area contributed by atoms with E-state index in [-0.39, 0.29) is 11.3 Å². The molecule has 114 valence electrons. The molecule has 1 N–H and O–H groups in total. The Kier molecular flexibility index (Phi) is 4.55. The predicted molar refractivity (Wildman–Crippen MR) is 94.4 cm³/mol. The summed E-state index contributed by atoms with van der Waals surface area (Å²) in [6.07, 6.45) is 3.21. The van der Waals surface area contributed by atoms with Gasteiger partial charge in [-0.2, -0.15) is 0 Å².